The minimum atomic E-state index is -0.501. The van der Waals surface area contributed by atoms with Crippen LogP contribution in [0.3, 0.4) is 0 Å². The number of anilines is 1. The van der Waals surface area contributed by atoms with Gasteiger partial charge >= 0.3 is 6.09 Å². The number of piperazine rings is 1. The number of benzene rings is 1. The zero-order valence-electron chi connectivity index (χ0n) is 16.9. The zero-order valence-corrected chi connectivity index (χ0v) is 16.9. The van der Waals surface area contributed by atoms with Crippen molar-refractivity contribution in [3.63, 3.8) is 0 Å². The average molecular weight is 398 g/mol. The highest BCUT2D eigenvalue weighted by atomic mass is 16.6. The Morgan fingerprint density at radius 3 is 2.55 bits per heavy atom. The smallest absolute Gasteiger partial charge is 0.415 e. The van der Waals surface area contributed by atoms with E-state index in [9.17, 15) is 15.2 Å². The van der Waals surface area contributed by atoms with E-state index in [4.69, 9.17) is 4.74 Å². The van der Waals surface area contributed by atoms with E-state index in [1.807, 2.05) is 20.9 Å². The monoisotopic (exact) mass is 398 g/mol. The van der Waals surface area contributed by atoms with Gasteiger partial charge in [0.05, 0.1) is 0 Å². The molecule has 1 aromatic carbocycles. The van der Waals surface area contributed by atoms with Gasteiger partial charge in [-0.1, -0.05) is 12.7 Å². The van der Waals surface area contributed by atoms with E-state index in [1.165, 1.54) is 0 Å². The molecule has 0 radical (unpaired) electrons. The maximum Gasteiger partial charge on any atom is 0.415 e. The van der Waals surface area contributed by atoms with Crippen molar-refractivity contribution < 1.29 is 19.5 Å². The van der Waals surface area contributed by atoms with Crippen molar-refractivity contribution in [3.05, 3.63) is 64.6 Å². The van der Waals surface area contributed by atoms with Crippen LogP contribution in [0.4, 0.5) is 16.2 Å². The fourth-order valence-corrected chi connectivity index (χ4v) is 3.21. The van der Waals surface area contributed by atoms with Crippen molar-refractivity contribution in [2.75, 3.05) is 38.7 Å². The van der Waals surface area contributed by atoms with Gasteiger partial charge < -0.3 is 19.7 Å². The van der Waals surface area contributed by atoms with Crippen molar-refractivity contribution in [1.29, 1.82) is 0 Å². The number of likely N-dealkylation sites (N-methyl/N-ethyl adjacent to an activating group) is 1. The highest BCUT2D eigenvalue weighted by Crippen LogP contribution is 2.30. The number of ether oxygens (including phenoxy) is 1. The number of nitrogens with one attached hydrogen (secondary N) is 1. The molecule has 1 fully saturated rings. The molecule has 1 aromatic rings. The molecule has 2 N–H and O–H groups in total. The normalized spacial score (nSPS) is 19.1. The molecule has 0 unspecified atom stereocenters. The number of hydrogen-bond acceptors (Lipinski definition) is 6. The lowest BCUT2D eigenvalue weighted by Gasteiger charge is -2.31. The molecule has 1 aliphatic heterocycles. The van der Waals surface area contributed by atoms with Crippen LogP contribution in [0.25, 0.3) is 0 Å². The molecule has 3 rings (SSSR count). The quantitative estimate of drug-likeness (QED) is 0.462. The highest BCUT2D eigenvalue weighted by Gasteiger charge is 2.30. The molecule has 1 amide bonds. The first kappa shape index (κ1) is 20.6. The summed E-state index contributed by atoms with van der Waals surface area (Å²) in [5.41, 5.74) is 4.85. The fraction of sp³-hybridized carbons (Fsp3) is 0.333. The molecule has 0 aromatic heterocycles. The molecule has 29 heavy (non-hydrogen) atoms. The Morgan fingerprint density at radius 2 is 1.90 bits per heavy atom. The third-order valence-electron chi connectivity index (χ3n) is 5.20. The largest absolute Gasteiger partial charge is 0.618 e. The van der Waals surface area contributed by atoms with Crippen molar-refractivity contribution in [1.82, 2.24) is 9.80 Å². The van der Waals surface area contributed by atoms with Crippen LogP contribution < -0.4 is 5.48 Å². The standard InChI is InChI=1S/C21H26N4O4/c1-14-6-5-7-19(29-21(26)24-10-8-23(4)9-11-24)20(14)25(28)18-13-16(3)15(2)12-17(18)22-27/h5-7,12-13,22,27H,1,8-11H2,2-4H3/b25-20-. The Labute approximate surface area is 170 Å². The van der Waals surface area contributed by atoms with E-state index in [2.05, 4.69) is 17.0 Å². The third kappa shape index (κ3) is 4.33. The first-order valence-corrected chi connectivity index (χ1v) is 9.40. The van der Waals surface area contributed by atoms with Gasteiger partial charge in [-0.05, 0) is 50.2 Å². The number of nitrogens with zero attached hydrogens (tertiary/aromatic N) is 3. The van der Waals surface area contributed by atoms with Crippen LogP contribution in [0.1, 0.15) is 11.1 Å². The Morgan fingerprint density at radius 1 is 1.24 bits per heavy atom. The lowest BCUT2D eigenvalue weighted by molar-refractivity contribution is -0.359. The summed E-state index contributed by atoms with van der Waals surface area (Å²) in [4.78, 5) is 16.4. The summed E-state index contributed by atoms with van der Waals surface area (Å²) in [6.07, 6.45) is 4.41. The SMILES string of the molecule is C=C1C=CC=C(OC(=O)N2CCN(C)CC2)/C1=[N+](\[O-])c1cc(C)c(C)cc1NO. The Bertz CT molecular complexity index is 925. The second-order valence-corrected chi connectivity index (χ2v) is 7.28. The molecule has 0 bridgehead atoms. The van der Waals surface area contributed by atoms with E-state index in [-0.39, 0.29) is 22.8 Å². The zero-order chi connectivity index (χ0) is 21.1. The Hall–Kier alpha value is -3.10. The summed E-state index contributed by atoms with van der Waals surface area (Å²) in [6, 6.07) is 3.34. The molecule has 0 saturated carbocycles. The van der Waals surface area contributed by atoms with E-state index < -0.39 is 6.09 Å². The van der Waals surface area contributed by atoms with Gasteiger partial charge in [-0.2, -0.15) is 4.74 Å². The third-order valence-corrected chi connectivity index (χ3v) is 5.20. The van der Waals surface area contributed by atoms with Crippen LogP contribution in [0, 0.1) is 19.1 Å². The van der Waals surface area contributed by atoms with Gasteiger partial charge in [0.1, 0.15) is 5.69 Å². The molecule has 2 aliphatic rings. The predicted molar refractivity (Wildman–Crippen MR) is 112 cm³/mol. The molecular formula is C21H26N4O4. The molecular weight excluding hydrogens is 372 g/mol. The number of carbonyl (C=O) groups excluding carboxylic acids is 1. The molecule has 8 heteroatoms. The number of aryl methyl sites for hydroxylation is 2. The number of carbonyl (C=O) groups is 1. The molecule has 1 aliphatic carbocycles. The second kappa shape index (κ2) is 8.50. The number of amides is 1. The van der Waals surface area contributed by atoms with Gasteiger partial charge in [0.15, 0.2) is 0 Å². The average Bonchev–Trinajstić information content (AvgIpc) is 2.70. The predicted octanol–water partition coefficient (Wildman–Crippen LogP) is 3.08. The first-order chi connectivity index (χ1) is 13.8. The van der Waals surface area contributed by atoms with Crippen molar-refractivity contribution in [3.8, 4) is 0 Å². The van der Waals surface area contributed by atoms with Gasteiger partial charge in [-0.3, -0.25) is 10.7 Å². The van der Waals surface area contributed by atoms with Crippen LogP contribution in [0.5, 0.6) is 0 Å². The van der Waals surface area contributed by atoms with Gasteiger partial charge in [0, 0.05) is 37.8 Å². The summed E-state index contributed by atoms with van der Waals surface area (Å²) in [6.45, 7) is 10.3. The number of allylic oxidation sites excluding steroid dienone is 4. The molecule has 1 saturated heterocycles. The summed E-state index contributed by atoms with van der Waals surface area (Å²) in [5.74, 6) is 0.124. The lowest BCUT2D eigenvalue weighted by atomic mass is 10.0. The second-order valence-electron chi connectivity index (χ2n) is 7.28. The highest BCUT2D eigenvalue weighted by molar-refractivity contribution is 6.12. The number of rotatable bonds is 3. The summed E-state index contributed by atoms with van der Waals surface area (Å²) in [7, 11) is 2.00. The maximum absolute atomic E-state index is 13.2. The number of hydrogen-bond donors (Lipinski definition) is 2. The lowest BCUT2D eigenvalue weighted by Crippen LogP contribution is -2.47. The minimum Gasteiger partial charge on any atom is -0.618 e. The summed E-state index contributed by atoms with van der Waals surface area (Å²) < 4.78 is 6.20. The Balaban J connectivity index is 1.95. The Kier molecular flexibility index (Phi) is 6.05. The fourth-order valence-electron chi connectivity index (χ4n) is 3.21. The molecule has 1 heterocycles. The molecule has 8 nitrogen and oxygen atoms in total. The van der Waals surface area contributed by atoms with Crippen molar-refractivity contribution >= 4 is 23.2 Å². The topological polar surface area (TPSA) is 91.1 Å². The van der Waals surface area contributed by atoms with E-state index in [0.29, 0.717) is 23.4 Å². The first-order valence-electron chi connectivity index (χ1n) is 9.40. The maximum atomic E-state index is 13.2. The van der Waals surface area contributed by atoms with Crippen LogP contribution in [0.2, 0.25) is 0 Å². The van der Waals surface area contributed by atoms with Gasteiger partial charge in [-0.25, -0.2) is 4.79 Å². The minimum absolute atomic E-state index is 0.120. The van der Waals surface area contributed by atoms with Crippen molar-refractivity contribution in [2.24, 2.45) is 0 Å². The summed E-state index contributed by atoms with van der Waals surface area (Å²) >= 11 is 0. The molecule has 0 atom stereocenters. The molecule has 0 spiro atoms. The van der Waals surface area contributed by atoms with E-state index in [1.54, 1.807) is 35.3 Å². The van der Waals surface area contributed by atoms with E-state index in [0.717, 1.165) is 24.2 Å². The van der Waals surface area contributed by atoms with Crippen LogP contribution in [-0.4, -0.2) is 64.8 Å². The molecule has 154 valence electrons. The summed E-state index contributed by atoms with van der Waals surface area (Å²) in [5, 5.41) is 22.7. The van der Waals surface area contributed by atoms with Gasteiger partial charge in [-0.15, -0.1) is 0 Å². The van der Waals surface area contributed by atoms with E-state index >= 15 is 0 Å². The van der Waals surface area contributed by atoms with Gasteiger partial charge in [0.2, 0.25) is 11.4 Å². The van der Waals surface area contributed by atoms with Gasteiger partial charge in [0.25, 0.3) is 5.71 Å². The van der Waals surface area contributed by atoms with Crippen LogP contribution in [0.15, 0.2) is 48.3 Å². The van der Waals surface area contributed by atoms with Crippen LogP contribution in [-0.2, 0) is 4.74 Å². The van der Waals surface area contributed by atoms with Crippen molar-refractivity contribution in [2.45, 2.75) is 13.8 Å². The van der Waals surface area contributed by atoms with Crippen LogP contribution >= 0.6 is 0 Å².